The SMILES string of the molecule is O=C1CNC(=O)N1CC(=O)N1CC[C@]2(C(=O)Nc3ccccc32)[C@@H]1CCc1ccccc1. The number of likely N-dealkylation sites (tertiary alicyclic amines) is 1. The number of fused-ring (bicyclic) bond motifs is 2. The van der Waals surface area contributed by atoms with Crippen molar-refractivity contribution in [2.75, 3.05) is 25.0 Å². The number of carbonyl (C=O) groups excluding carboxylic acids is 4. The smallest absolute Gasteiger partial charge is 0.325 e. The number of amides is 5. The van der Waals surface area contributed by atoms with Crippen LogP contribution in [0.25, 0.3) is 0 Å². The predicted molar refractivity (Wildman–Crippen MR) is 117 cm³/mol. The predicted octanol–water partition coefficient (Wildman–Crippen LogP) is 1.66. The summed E-state index contributed by atoms with van der Waals surface area (Å²) >= 11 is 0. The monoisotopic (exact) mass is 432 g/mol. The number of hydrogen-bond acceptors (Lipinski definition) is 4. The molecule has 2 atom stereocenters. The summed E-state index contributed by atoms with van der Waals surface area (Å²) < 4.78 is 0. The summed E-state index contributed by atoms with van der Waals surface area (Å²) in [4.78, 5) is 53.2. The van der Waals surface area contributed by atoms with Crippen molar-refractivity contribution in [2.24, 2.45) is 0 Å². The van der Waals surface area contributed by atoms with Crippen LogP contribution in [0, 0.1) is 0 Å². The Balaban J connectivity index is 1.47. The molecule has 0 saturated carbocycles. The number of rotatable bonds is 5. The maximum atomic E-state index is 13.3. The third-order valence-corrected chi connectivity index (χ3v) is 6.85. The highest BCUT2D eigenvalue weighted by Crippen LogP contribution is 2.49. The summed E-state index contributed by atoms with van der Waals surface area (Å²) in [6.45, 7) is -0.0151. The lowest BCUT2D eigenvalue weighted by Gasteiger charge is -2.34. The minimum absolute atomic E-state index is 0.0940. The first-order chi connectivity index (χ1) is 15.5. The first kappa shape index (κ1) is 20.2. The van der Waals surface area contributed by atoms with Crippen molar-refractivity contribution in [3.8, 4) is 0 Å². The molecule has 2 saturated heterocycles. The molecule has 5 rings (SSSR count). The normalized spacial score (nSPS) is 24.1. The molecule has 0 aliphatic carbocycles. The van der Waals surface area contributed by atoms with E-state index in [2.05, 4.69) is 10.6 Å². The molecule has 2 aromatic carbocycles. The number of para-hydroxylation sites is 1. The number of anilines is 1. The maximum absolute atomic E-state index is 13.3. The third-order valence-electron chi connectivity index (χ3n) is 6.85. The number of nitrogens with one attached hydrogen (secondary N) is 2. The van der Waals surface area contributed by atoms with Gasteiger partial charge in [-0.25, -0.2) is 4.79 Å². The van der Waals surface area contributed by atoms with E-state index in [1.807, 2.05) is 54.6 Å². The first-order valence-electron chi connectivity index (χ1n) is 10.8. The number of hydrogen-bond donors (Lipinski definition) is 2. The molecule has 0 unspecified atom stereocenters. The van der Waals surface area contributed by atoms with E-state index in [-0.39, 0.29) is 30.9 Å². The van der Waals surface area contributed by atoms with Crippen LogP contribution in [0.15, 0.2) is 54.6 Å². The maximum Gasteiger partial charge on any atom is 0.325 e. The molecule has 3 aliphatic rings. The van der Waals surface area contributed by atoms with Gasteiger partial charge in [0.1, 0.15) is 6.54 Å². The molecule has 0 radical (unpaired) electrons. The number of carbonyl (C=O) groups is 4. The topological polar surface area (TPSA) is 98.8 Å². The van der Waals surface area contributed by atoms with Crippen molar-refractivity contribution in [1.82, 2.24) is 15.1 Å². The molecule has 164 valence electrons. The Morgan fingerprint density at radius 2 is 1.78 bits per heavy atom. The summed E-state index contributed by atoms with van der Waals surface area (Å²) in [5.41, 5.74) is 1.99. The van der Waals surface area contributed by atoms with E-state index in [0.29, 0.717) is 25.8 Å². The third kappa shape index (κ3) is 3.14. The van der Waals surface area contributed by atoms with Gasteiger partial charge in [0, 0.05) is 12.2 Å². The molecule has 2 aromatic rings. The lowest BCUT2D eigenvalue weighted by Crippen LogP contribution is -2.51. The van der Waals surface area contributed by atoms with Crippen LogP contribution in [0.2, 0.25) is 0 Å². The zero-order chi connectivity index (χ0) is 22.3. The van der Waals surface area contributed by atoms with Crippen LogP contribution in [0.4, 0.5) is 10.5 Å². The molecular weight excluding hydrogens is 408 g/mol. The number of urea groups is 1. The molecule has 32 heavy (non-hydrogen) atoms. The number of imide groups is 1. The number of nitrogens with zero attached hydrogens (tertiary/aromatic N) is 2. The van der Waals surface area contributed by atoms with Gasteiger partial charge in [0.05, 0.1) is 18.0 Å². The van der Waals surface area contributed by atoms with Gasteiger partial charge in [-0.2, -0.15) is 0 Å². The summed E-state index contributed by atoms with van der Waals surface area (Å²) in [7, 11) is 0. The van der Waals surface area contributed by atoms with E-state index in [1.54, 1.807) is 4.90 Å². The Hall–Kier alpha value is -3.68. The Kier molecular flexibility index (Phi) is 4.92. The Bertz CT molecular complexity index is 1090. The quantitative estimate of drug-likeness (QED) is 0.702. The molecule has 8 nitrogen and oxygen atoms in total. The van der Waals surface area contributed by atoms with Crippen LogP contribution in [0.1, 0.15) is 24.0 Å². The van der Waals surface area contributed by atoms with Crippen LogP contribution in [0.5, 0.6) is 0 Å². The van der Waals surface area contributed by atoms with Gasteiger partial charge in [-0.15, -0.1) is 0 Å². The highest BCUT2D eigenvalue weighted by atomic mass is 16.2. The minimum atomic E-state index is -0.835. The summed E-state index contributed by atoms with van der Waals surface area (Å²) in [5, 5.41) is 5.44. The van der Waals surface area contributed by atoms with Crippen LogP contribution in [-0.2, 0) is 26.2 Å². The molecule has 3 aliphatic heterocycles. The molecule has 8 heteroatoms. The second-order valence-corrected chi connectivity index (χ2v) is 8.49. The number of benzene rings is 2. The van der Waals surface area contributed by atoms with Gasteiger partial charge in [-0.1, -0.05) is 48.5 Å². The summed E-state index contributed by atoms with van der Waals surface area (Å²) in [5.74, 6) is -0.827. The van der Waals surface area contributed by atoms with Crippen LogP contribution in [-0.4, -0.2) is 59.2 Å². The highest BCUT2D eigenvalue weighted by molar-refractivity contribution is 6.08. The van der Waals surface area contributed by atoms with Gasteiger partial charge in [0.2, 0.25) is 11.8 Å². The lowest BCUT2D eigenvalue weighted by molar-refractivity contribution is -0.138. The van der Waals surface area contributed by atoms with Gasteiger partial charge < -0.3 is 15.5 Å². The summed E-state index contributed by atoms with van der Waals surface area (Å²) in [6, 6.07) is 16.7. The second kappa shape index (κ2) is 7.78. The number of aryl methyl sites for hydroxylation is 1. The Labute approximate surface area is 185 Å². The fourth-order valence-electron chi connectivity index (χ4n) is 5.29. The first-order valence-corrected chi connectivity index (χ1v) is 10.8. The van der Waals surface area contributed by atoms with E-state index < -0.39 is 17.4 Å². The average molecular weight is 432 g/mol. The molecule has 1 spiro atoms. The van der Waals surface area contributed by atoms with Crippen LogP contribution < -0.4 is 10.6 Å². The zero-order valence-corrected chi connectivity index (χ0v) is 17.5. The van der Waals surface area contributed by atoms with E-state index in [1.165, 1.54) is 0 Å². The van der Waals surface area contributed by atoms with E-state index in [0.717, 1.165) is 21.7 Å². The van der Waals surface area contributed by atoms with Crippen molar-refractivity contribution in [2.45, 2.75) is 30.7 Å². The van der Waals surface area contributed by atoms with Crippen molar-refractivity contribution >= 4 is 29.4 Å². The van der Waals surface area contributed by atoms with Gasteiger partial charge >= 0.3 is 6.03 Å². The van der Waals surface area contributed by atoms with Crippen molar-refractivity contribution in [3.63, 3.8) is 0 Å². The molecular formula is C24H24N4O4. The van der Waals surface area contributed by atoms with Crippen LogP contribution >= 0.6 is 0 Å². The van der Waals surface area contributed by atoms with Gasteiger partial charge in [-0.3, -0.25) is 19.3 Å². The fraction of sp³-hybridized carbons (Fsp3) is 0.333. The largest absolute Gasteiger partial charge is 0.337 e. The molecule has 5 amide bonds. The van der Waals surface area contributed by atoms with E-state index in [4.69, 9.17) is 0 Å². The average Bonchev–Trinajstić information content (AvgIpc) is 3.44. The Morgan fingerprint density at radius 3 is 2.53 bits per heavy atom. The standard InChI is InChI=1S/C24H24N4O4/c29-20-14-25-23(32)28(20)15-21(30)27-13-12-24(17-8-4-5-9-18(17)26-22(24)31)19(27)11-10-16-6-2-1-3-7-16/h1-9,19H,10-15H2,(H,25,32)(H,26,31)/t19-,24+/m0/s1. The van der Waals surface area contributed by atoms with Gasteiger partial charge in [0.25, 0.3) is 5.91 Å². The zero-order valence-electron chi connectivity index (χ0n) is 17.5. The van der Waals surface area contributed by atoms with Crippen LogP contribution in [0.3, 0.4) is 0 Å². The second-order valence-electron chi connectivity index (χ2n) is 8.49. The molecule has 3 heterocycles. The highest BCUT2D eigenvalue weighted by Gasteiger charge is 2.58. The van der Waals surface area contributed by atoms with Gasteiger partial charge in [-0.05, 0) is 36.5 Å². The summed E-state index contributed by atoms with van der Waals surface area (Å²) in [6.07, 6.45) is 1.80. The van der Waals surface area contributed by atoms with E-state index in [9.17, 15) is 19.2 Å². The van der Waals surface area contributed by atoms with Crippen molar-refractivity contribution in [1.29, 1.82) is 0 Å². The minimum Gasteiger partial charge on any atom is -0.337 e. The molecule has 2 fully saturated rings. The molecule has 0 aromatic heterocycles. The molecule has 0 bridgehead atoms. The van der Waals surface area contributed by atoms with Crippen molar-refractivity contribution < 1.29 is 19.2 Å². The molecule has 2 N–H and O–H groups in total. The van der Waals surface area contributed by atoms with Gasteiger partial charge in [0.15, 0.2) is 0 Å². The fourth-order valence-corrected chi connectivity index (χ4v) is 5.29. The van der Waals surface area contributed by atoms with Crippen molar-refractivity contribution in [3.05, 3.63) is 65.7 Å². The van der Waals surface area contributed by atoms with E-state index >= 15 is 0 Å². The Morgan fingerprint density at radius 1 is 1.03 bits per heavy atom. The lowest BCUT2D eigenvalue weighted by atomic mass is 9.73.